The first-order chi connectivity index (χ1) is 7.75. The molecule has 2 heterocycles. The number of likely N-dealkylation sites (tertiary alicyclic amines) is 1. The van der Waals surface area contributed by atoms with E-state index in [2.05, 4.69) is 17.1 Å². The fourth-order valence-corrected chi connectivity index (χ4v) is 3.95. The second-order valence-electron chi connectivity index (χ2n) is 5.12. The lowest BCUT2D eigenvalue weighted by Crippen LogP contribution is -2.44. The largest absolute Gasteiger partial charge is 0.312 e. The lowest BCUT2D eigenvalue weighted by atomic mass is 10.1. The van der Waals surface area contributed by atoms with E-state index in [1.807, 2.05) is 0 Å². The standard InChI is InChI=1S/C12H24N2OS/c1-11(14-6-2-3-7-14)10-13-12-4-8-16(15)9-5-12/h11-13H,2-10H2,1H3. The first-order valence-corrected chi connectivity index (χ1v) is 8.07. The maximum atomic E-state index is 11.2. The van der Waals surface area contributed by atoms with Gasteiger partial charge in [0.15, 0.2) is 0 Å². The van der Waals surface area contributed by atoms with E-state index in [-0.39, 0.29) is 0 Å². The van der Waals surface area contributed by atoms with Gasteiger partial charge in [-0.1, -0.05) is 0 Å². The van der Waals surface area contributed by atoms with Crippen molar-refractivity contribution in [3.63, 3.8) is 0 Å². The first-order valence-electron chi connectivity index (χ1n) is 6.58. The van der Waals surface area contributed by atoms with E-state index in [0.717, 1.165) is 30.9 Å². The van der Waals surface area contributed by atoms with E-state index in [1.54, 1.807) is 0 Å². The molecule has 0 aromatic rings. The van der Waals surface area contributed by atoms with E-state index in [1.165, 1.54) is 25.9 Å². The molecule has 3 nitrogen and oxygen atoms in total. The molecule has 0 saturated carbocycles. The molecule has 2 rings (SSSR count). The number of nitrogens with one attached hydrogen (secondary N) is 1. The first kappa shape index (κ1) is 12.5. The molecular formula is C12H24N2OS. The molecule has 2 aliphatic heterocycles. The summed E-state index contributed by atoms with van der Waals surface area (Å²) in [5.41, 5.74) is 0. The molecule has 16 heavy (non-hydrogen) atoms. The molecule has 0 aromatic heterocycles. The van der Waals surface area contributed by atoms with Gasteiger partial charge in [0.2, 0.25) is 0 Å². The number of hydrogen-bond acceptors (Lipinski definition) is 3. The SMILES string of the molecule is CC(CNC1CCS(=O)CC1)N1CCCC1. The summed E-state index contributed by atoms with van der Waals surface area (Å²) < 4.78 is 11.2. The van der Waals surface area contributed by atoms with Gasteiger partial charge in [0.1, 0.15) is 0 Å². The monoisotopic (exact) mass is 244 g/mol. The zero-order valence-corrected chi connectivity index (χ0v) is 11.1. The van der Waals surface area contributed by atoms with Crippen LogP contribution in [0.1, 0.15) is 32.6 Å². The van der Waals surface area contributed by atoms with Crippen molar-refractivity contribution in [1.29, 1.82) is 0 Å². The minimum Gasteiger partial charge on any atom is -0.312 e. The average Bonchev–Trinajstić information content (AvgIpc) is 2.81. The molecule has 0 spiro atoms. The normalized spacial score (nSPS) is 34.1. The third kappa shape index (κ3) is 3.54. The fraction of sp³-hybridized carbons (Fsp3) is 1.00. The highest BCUT2D eigenvalue weighted by Crippen LogP contribution is 2.12. The molecule has 0 amide bonds. The minimum absolute atomic E-state index is 0.528. The Kier molecular flexibility index (Phi) is 4.79. The molecule has 1 N–H and O–H groups in total. The summed E-state index contributed by atoms with van der Waals surface area (Å²) in [6, 6.07) is 1.28. The Morgan fingerprint density at radius 1 is 1.31 bits per heavy atom. The Hall–Kier alpha value is 0.0700. The Bertz CT molecular complexity index is 231. The van der Waals surface area contributed by atoms with Gasteiger partial charge in [0, 0.05) is 40.9 Å². The van der Waals surface area contributed by atoms with E-state index in [4.69, 9.17) is 0 Å². The van der Waals surface area contributed by atoms with Crippen molar-refractivity contribution >= 4 is 10.8 Å². The molecule has 0 bridgehead atoms. The smallest absolute Gasteiger partial charge is 0.0249 e. The summed E-state index contributed by atoms with van der Waals surface area (Å²) >= 11 is 0. The summed E-state index contributed by atoms with van der Waals surface area (Å²) in [4.78, 5) is 2.58. The van der Waals surface area contributed by atoms with Gasteiger partial charge in [-0.2, -0.15) is 0 Å². The van der Waals surface area contributed by atoms with E-state index in [0.29, 0.717) is 12.1 Å². The van der Waals surface area contributed by atoms with Gasteiger partial charge in [-0.3, -0.25) is 9.11 Å². The van der Waals surface area contributed by atoms with Crippen molar-refractivity contribution in [2.24, 2.45) is 0 Å². The van der Waals surface area contributed by atoms with E-state index < -0.39 is 10.8 Å². The van der Waals surface area contributed by atoms with Crippen LogP contribution in [0.5, 0.6) is 0 Å². The van der Waals surface area contributed by atoms with Crippen LogP contribution in [0.3, 0.4) is 0 Å². The highest BCUT2D eigenvalue weighted by molar-refractivity contribution is 7.85. The van der Waals surface area contributed by atoms with Gasteiger partial charge < -0.3 is 5.32 Å². The third-order valence-electron chi connectivity index (χ3n) is 3.85. The summed E-state index contributed by atoms with van der Waals surface area (Å²) in [6.07, 6.45) is 4.93. The van der Waals surface area contributed by atoms with E-state index in [9.17, 15) is 4.21 Å². The van der Waals surface area contributed by atoms with Crippen molar-refractivity contribution in [3.8, 4) is 0 Å². The third-order valence-corrected chi connectivity index (χ3v) is 5.24. The Morgan fingerprint density at radius 3 is 2.56 bits per heavy atom. The Balaban J connectivity index is 1.64. The highest BCUT2D eigenvalue weighted by atomic mass is 32.2. The van der Waals surface area contributed by atoms with Crippen LogP contribution >= 0.6 is 0 Å². The fourth-order valence-electron chi connectivity index (χ4n) is 2.65. The summed E-state index contributed by atoms with van der Waals surface area (Å²) in [5.74, 6) is 1.80. The van der Waals surface area contributed by atoms with Gasteiger partial charge >= 0.3 is 0 Å². The minimum atomic E-state index is -0.528. The maximum absolute atomic E-state index is 11.2. The highest BCUT2D eigenvalue weighted by Gasteiger charge is 2.21. The van der Waals surface area contributed by atoms with Gasteiger partial charge in [-0.05, 0) is 45.7 Å². The van der Waals surface area contributed by atoms with Gasteiger partial charge in [-0.15, -0.1) is 0 Å². The molecule has 0 aliphatic carbocycles. The maximum Gasteiger partial charge on any atom is 0.0249 e. The van der Waals surface area contributed by atoms with Crippen LogP contribution in [-0.4, -0.2) is 52.3 Å². The van der Waals surface area contributed by atoms with Crippen LogP contribution in [0.25, 0.3) is 0 Å². The van der Waals surface area contributed by atoms with E-state index >= 15 is 0 Å². The van der Waals surface area contributed by atoms with Crippen molar-refractivity contribution in [3.05, 3.63) is 0 Å². The second-order valence-corrected chi connectivity index (χ2v) is 6.82. The van der Waals surface area contributed by atoms with Crippen LogP contribution in [0.2, 0.25) is 0 Å². The van der Waals surface area contributed by atoms with Crippen molar-refractivity contribution in [1.82, 2.24) is 10.2 Å². The molecule has 1 atom stereocenters. The number of nitrogens with zero attached hydrogens (tertiary/aromatic N) is 1. The number of rotatable bonds is 4. The van der Waals surface area contributed by atoms with Crippen molar-refractivity contribution in [2.75, 3.05) is 31.1 Å². The van der Waals surface area contributed by atoms with Crippen LogP contribution in [0.4, 0.5) is 0 Å². The topological polar surface area (TPSA) is 32.3 Å². The number of hydrogen-bond donors (Lipinski definition) is 1. The van der Waals surface area contributed by atoms with Gasteiger partial charge in [0.05, 0.1) is 0 Å². The quantitative estimate of drug-likeness (QED) is 0.800. The molecule has 4 heteroatoms. The summed E-state index contributed by atoms with van der Waals surface area (Å²) in [6.45, 7) is 5.96. The predicted molar refractivity (Wildman–Crippen MR) is 69.2 cm³/mol. The molecule has 0 radical (unpaired) electrons. The second kappa shape index (κ2) is 6.12. The molecule has 94 valence electrons. The Labute approximate surface area is 101 Å². The lowest BCUT2D eigenvalue weighted by Gasteiger charge is -2.28. The molecule has 0 aromatic carbocycles. The zero-order chi connectivity index (χ0) is 11.4. The van der Waals surface area contributed by atoms with Crippen molar-refractivity contribution < 1.29 is 4.21 Å². The van der Waals surface area contributed by atoms with Gasteiger partial charge in [-0.25, -0.2) is 0 Å². The average molecular weight is 244 g/mol. The van der Waals surface area contributed by atoms with Crippen LogP contribution in [-0.2, 0) is 10.8 Å². The lowest BCUT2D eigenvalue weighted by molar-refractivity contribution is 0.244. The molecule has 1 unspecified atom stereocenters. The summed E-state index contributed by atoms with van der Waals surface area (Å²) in [5, 5.41) is 3.64. The molecule has 2 aliphatic rings. The van der Waals surface area contributed by atoms with Gasteiger partial charge in [0.25, 0.3) is 0 Å². The summed E-state index contributed by atoms with van der Waals surface area (Å²) in [7, 11) is -0.528. The molecule has 2 saturated heterocycles. The van der Waals surface area contributed by atoms with Crippen LogP contribution in [0.15, 0.2) is 0 Å². The Morgan fingerprint density at radius 2 is 1.94 bits per heavy atom. The molecular weight excluding hydrogens is 220 g/mol. The molecule has 2 fully saturated rings. The van der Waals surface area contributed by atoms with Crippen LogP contribution < -0.4 is 5.32 Å². The van der Waals surface area contributed by atoms with Crippen molar-refractivity contribution in [2.45, 2.75) is 44.7 Å². The van der Waals surface area contributed by atoms with Crippen LogP contribution in [0, 0.1) is 0 Å². The predicted octanol–water partition coefficient (Wildman–Crippen LogP) is 0.971. The zero-order valence-electron chi connectivity index (χ0n) is 10.3.